The summed E-state index contributed by atoms with van der Waals surface area (Å²) >= 11 is 5.68. The number of carbonyl (C=O) groups is 2. The third-order valence-corrected chi connectivity index (χ3v) is 2.80. The molecule has 1 atom stereocenters. The summed E-state index contributed by atoms with van der Waals surface area (Å²) in [4.78, 5) is 23.1. The summed E-state index contributed by atoms with van der Waals surface area (Å²) in [7, 11) is 0. The largest absolute Gasteiger partial charge is 0.444 e. The lowest BCUT2D eigenvalue weighted by Crippen LogP contribution is -2.47. The molecular formula is C14H17ClFNO3. The Balaban J connectivity index is 3.06. The number of hydrogen-bond acceptors (Lipinski definition) is 3. The van der Waals surface area contributed by atoms with Crippen molar-refractivity contribution in [2.75, 3.05) is 0 Å². The highest BCUT2D eigenvalue weighted by Gasteiger charge is 2.33. The predicted molar refractivity (Wildman–Crippen MR) is 74.2 cm³/mol. The van der Waals surface area contributed by atoms with E-state index in [1.807, 2.05) is 0 Å². The van der Waals surface area contributed by atoms with Crippen molar-refractivity contribution in [3.8, 4) is 0 Å². The van der Waals surface area contributed by atoms with Crippen LogP contribution in [0.2, 0.25) is 5.02 Å². The molecule has 1 amide bonds. The summed E-state index contributed by atoms with van der Waals surface area (Å²) in [5.74, 6) is -0.750. The molecule has 0 aromatic heterocycles. The van der Waals surface area contributed by atoms with E-state index in [1.54, 1.807) is 20.8 Å². The monoisotopic (exact) mass is 301 g/mol. The first-order valence-corrected chi connectivity index (χ1v) is 6.39. The summed E-state index contributed by atoms with van der Waals surface area (Å²) in [6.45, 7) is 6.43. The van der Waals surface area contributed by atoms with Gasteiger partial charge < -0.3 is 14.8 Å². The summed E-state index contributed by atoms with van der Waals surface area (Å²) in [5, 5.41) is 2.23. The molecule has 20 heavy (non-hydrogen) atoms. The Morgan fingerprint density at radius 2 is 1.95 bits per heavy atom. The number of aldehydes is 1. The maximum Gasteiger partial charge on any atom is 0.408 e. The molecule has 0 bridgehead atoms. The molecule has 0 heterocycles. The Labute approximate surface area is 122 Å². The molecule has 0 aliphatic rings. The van der Waals surface area contributed by atoms with Gasteiger partial charge in [0.25, 0.3) is 0 Å². The smallest absolute Gasteiger partial charge is 0.408 e. The summed E-state index contributed by atoms with van der Waals surface area (Å²) < 4.78 is 19.1. The van der Waals surface area contributed by atoms with Crippen molar-refractivity contribution in [2.24, 2.45) is 0 Å². The molecule has 1 aromatic carbocycles. The lowest BCUT2D eigenvalue weighted by Gasteiger charge is -2.28. The lowest BCUT2D eigenvalue weighted by atomic mass is 9.93. The summed E-state index contributed by atoms with van der Waals surface area (Å²) in [5.41, 5.74) is -2.30. The maximum atomic E-state index is 14.0. The Kier molecular flexibility index (Phi) is 4.76. The summed E-state index contributed by atoms with van der Waals surface area (Å²) in [6, 6.07) is 4.24. The Morgan fingerprint density at radius 3 is 2.45 bits per heavy atom. The highest BCUT2D eigenvalue weighted by molar-refractivity contribution is 6.30. The fraction of sp³-hybridized carbons (Fsp3) is 0.429. The van der Waals surface area contributed by atoms with Crippen molar-refractivity contribution in [3.05, 3.63) is 34.6 Å². The number of alkyl carbamates (subject to hydrolysis) is 1. The van der Waals surface area contributed by atoms with Crippen LogP contribution in [0.25, 0.3) is 0 Å². The Morgan fingerprint density at radius 1 is 1.35 bits per heavy atom. The van der Waals surface area contributed by atoms with Crippen LogP contribution >= 0.6 is 11.6 Å². The Bertz CT molecular complexity index is 528. The third-order valence-electron chi connectivity index (χ3n) is 2.51. The van der Waals surface area contributed by atoms with Crippen LogP contribution in [0.15, 0.2) is 18.2 Å². The molecule has 0 radical (unpaired) electrons. The molecule has 110 valence electrons. The fourth-order valence-electron chi connectivity index (χ4n) is 1.58. The van der Waals surface area contributed by atoms with Gasteiger partial charge in [-0.15, -0.1) is 0 Å². The number of hydrogen-bond donors (Lipinski definition) is 1. The van der Waals surface area contributed by atoms with E-state index < -0.39 is 23.1 Å². The maximum absolute atomic E-state index is 14.0. The van der Waals surface area contributed by atoms with E-state index in [0.29, 0.717) is 6.29 Å². The van der Waals surface area contributed by atoms with Crippen LogP contribution in [0.1, 0.15) is 33.3 Å². The number of nitrogens with one attached hydrogen (secondary N) is 1. The number of halogens is 2. The van der Waals surface area contributed by atoms with Crippen LogP contribution in [0.3, 0.4) is 0 Å². The molecule has 1 aromatic rings. The fourth-order valence-corrected chi connectivity index (χ4v) is 1.76. The normalized spacial score (nSPS) is 14.3. The standard InChI is InChI=1S/C14H17ClFNO3/c1-13(2,3)20-12(19)17-14(4,8-18)9-6-5-7-10(15)11(9)16/h5-8H,1-4H3,(H,17,19). The van der Waals surface area contributed by atoms with E-state index in [9.17, 15) is 14.0 Å². The van der Waals surface area contributed by atoms with Crippen molar-refractivity contribution >= 4 is 24.0 Å². The lowest BCUT2D eigenvalue weighted by molar-refractivity contribution is -0.113. The van der Waals surface area contributed by atoms with Gasteiger partial charge >= 0.3 is 6.09 Å². The van der Waals surface area contributed by atoms with E-state index in [4.69, 9.17) is 16.3 Å². The summed E-state index contributed by atoms with van der Waals surface area (Å²) in [6.07, 6.45) is -0.377. The molecule has 4 nitrogen and oxygen atoms in total. The van der Waals surface area contributed by atoms with Crippen molar-refractivity contribution in [2.45, 2.75) is 38.8 Å². The van der Waals surface area contributed by atoms with Gasteiger partial charge in [-0.1, -0.05) is 23.7 Å². The Hall–Kier alpha value is -1.62. The number of benzene rings is 1. The third kappa shape index (κ3) is 3.93. The highest BCUT2D eigenvalue weighted by atomic mass is 35.5. The number of carbonyl (C=O) groups excluding carboxylic acids is 2. The van der Waals surface area contributed by atoms with E-state index in [0.717, 1.165) is 0 Å². The van der Waals surface area contributed by atoms with E-state index in [1.165, 1.54) is 25.1 Å². The van der Waals surface area contributed by atoms with Gasteiger partial charge in [0.15, 0.2) is 0 Å². The molecule has 1 rings (SSSR count). The molecule has 0 saturated heterocycles. The highest BCUT2D eigenvalue weighted by Crippen LogP contribution is 2.27. The first-order chi connectivity index (χ1) is 9.09. The van der Waals surface area contributed by atoms with E-state index in [-0.39, 0.29) is 10.6 Å². The minimum Gasteiger partial charge on any atom is -0.444 e. The van der Waals surface area contributed by atoms with Gasteiger partial charge in [0.1, 0.15) is 23.2 Å². The number of ether oxygens (including phenoxy) is 1. The second-order valence-electron chi connectivity index (χ2n) is 5.55. The van der Waals surface area contributed by atoms with Gasteiger partial charge in [-0.3, -0.25) is 0 Å². The van der Waals surface area contributed by atoms with Gasteiger partial charge in [0.2, 0.25) is 0 Å². The van der Waals surface area contributed by atoms with E-state index >= 15 is 0 Å². The SMILES string of the molecule is CC(C)(C)OC(=O)NC(C)(C=O)c1cccc(Cl)c1F. The van der Waals surface area contributed by atoms with Crippen LogP contribution in [-0.2, 0) is 15.1 Å². The predicted octanol–water partition coefficient (Wildman–Crippen LogP) is 3.42. The average molecular weight is 302 g/mol. The number of amides is 1. The molecule has 1 unspecified atom stereocenters. The van der Waals surface area contributed by atoms with Crippen LogP contribution in [0.4, 0.5) is 9.18 Å². The zero-order valence-corrected chi connectivity index (χ0v) is 12.5. The molecule has 0 saturated carbocycles. The quantitative estimate of drug-likeness (QED) is 0.870. The second kappa shape index (κ2) is 5.79. The topological polar surface area (TPSA) is 55.4 Å². The van der Waals surface area contributed by atoms with Gasteiger partial charge in [0, 0.05) is 5.56 Å². The number of rotatable bonds is 3. The molecule has 1 N–H and O–H groups in total. The van der Waals surface area contributed by atoms with Gasteiger partial charge in [-0.25, -0.2) is 9.18 Å². The van der Waals surface area contributed by atoms with Crippen LogP contribution in [0, 0.1) is 5.82 Å². The average Bonchev–Trinajstić information content (AvgIpc) is 2.29. The van der Waals surface area contributed by atoms with Crippen LogP contribution in [0.5, 0.6) is 0 Å². The first kappa shape index (κ1) is 16.4. The molecule has 0 aliphatic carbocycles. The van der Waals surface area contributed by atoms with Gasteiger partial charge in [0.05, 0.1) is 5.02 Å². The molecule has 0 fully saturated rings. The minimum absolute atomic E-state index is 0.0224. The van der Waals surface area contributed by atoms with Gasteiger partial charge in [-0.2, -0.15) is 0 Å². The second-order valence-corrected chi connectivity index (χ2v) is 5.96. The molecule has 0 aliphatic heterocycles. The first-order valence-electron chi connectivity index (χ1n) is 6.01. The zero-order chi connectivity index (χ0) is 15.6. The zero-order valence-electron chi connectivity index (χ0n) is 11.8. The minimum atomic E-state index is -1.56. The van der Waals surface area contributed by atoms with Crippen LogP contribution < -0.4 is 5.32 Å². The molecule has 0 spiro atoms. The van der Waals surface area contributed by atoms with Crippen LogP contribution in [-0.4, -0.2) is 18.0 Å². The molecule has 6 heteroatoms. The van der Waals surface area contributed by atoms with Crippen molar-refractivity contribution in [1.29, 1.82) is 0 Å². The van der Waals surface area contributed by atoms with Crippen molar-refractivity contribution in [1.82, 2.24) is 5.32 Å². The van der Waals surface area contributed by atoms with Crippen molar-refractivity contribution < 1.29 is 18.7 Å². The van der Waals surface area contributed by atoms with Gasteiger partial charge in [-0.05, 0) is 33.8 Å². The van der Waals surface area contributed by atoms with Crippen molar-refractivity contribution in [3.63, 3.8) is 0 Å². The van der Waals surface area contributed by atoms with E-state index in [2.05, 4.69) is 5.32 Å². The molecular weight excluding hydrogens is 285 g/mol.